The van der Waals surface area contributed by atoms with E-state index in [1.165, 1.54) is 12.3 Å². The molecule has 0 aromatic carbocycles. The quantitative estimate of drug-likeness (QED) is 0.795. The molecule has 2 heterocycles. The van der Waals surface area contributed by atoms with Crippen LogP contribution in [0.15, 0.2) is 24.5 Å². The van der Waals surface area contributed by atoms with Crippen molar-refractivity contribution in [3.05, 3.63) is 41.6 Å². The molecule has 0 fully saturated rings. The van der Waals surface area contributed by atoms with Crippen LogP contribution in [0.1, 0.15) is 22.8 Å². The normalized spacial score (nSPS) is 10.2. The highest BCUT2D eigenvalue weighted by Crippen LogP contribution is 2.12. The van der Waals surface area contributed by atoms with E-state index >= 15 is 0 Å². The standard InChI is InChI=1S/C11H11FN4O/c1-2-7-6-14-16-10(7)15-11(17)8-3-4-9(12)13-5-8/h3-6H,2H2,1H3,(H2,14,15,16,17). The number of pyridine rings is 1. The first-order chi connectivity index (χ1) is 8.20. The van der Waals surface area contributed by atoms with E-state index in [4.69, 9.17) is 0 Å². The third-order valence-electron chi connectivity index (χ3n) is 2.33. The molecule has 0 spiro atoms. The van der Waals surface area contributed by atoms with E-state index in [2.05, 4.69) is 20.5 Å². The summed E-state index contributed by atoms with van der Waals surface area (Å²) in [6.45, 7) is 1.96. The summed E-state index contributed by atoms with van der Waals surface area (Å²) in [5.74, 6) is -0.407. The average molecular weight is 234 g/mol. The Hall–Kier alpha value is -2.24. The van der Waals surface area contributed by atoms with Gasteiger partial charge in [0.15, 0.2) is 0 Å². The zero-order valence-electron chi connectivity index (χ0n) is 9.20. The van der Waals surface area contributed by atoms with Gasteiger partial charge in [0.05, 0.1) is 11.8 Å². The number of nitrogens with one attached hydrogen (secondary N) is 2. The summed E-state index contributed by atoms with van der Waals surface area (Å²) >= 11 is 0. The fourth-order valence-corrected chi connectivity index (χ4v) is 1.38. The Bertz CT molecular complexity index is 521. The van der Waals surface area contributed by atoms with E-state index in [1.54, 1.807) is 6.20 Å². The second-order valence-electron chi connectivity index (χ2n) is 3.45. The molecular formula is C11H11FN4O. The van der Waals surface area contributed by atoms with E-state index in [0.29, 0.717) is 11.4 Å². The predicted octanol–water partition coefficient (Wildman–Crippen LogP) is 1.76. The summed E-state index contributed by atoms with van der Waals surface area (Å²) in [4.78, 5) is 15.2. The monoisotopic (exact) mass is 234 g/mol. The summed E-state index contributed by atoms with van der Waals surface area (Å²) in [5, 5.41) is 9.19. The number of aromatic amines is 1. The second kappa shape index (κ2) is 4.73. The minimum absolute atomic E-state index is 0.294. The Kier molecular flexibility index (Phi) is 3.13. The van der Waals surface area contributed by atoms with Crippen LogP contribution in [0.3, 0.4) is 0 Å². The van der Waals surface area contributed by atoms with Crippen LogP contribution in [-0.4, -0.2) is 21.1 Å². The molecule has 0 unspecified atom stereocenters. The van der Waals surface area contributed by atoms with Crippen LogP contribution in [0.5, 0.6) is 0 Å². The Morgan fingerprint density at radius 2 is 2.29 bits per heavy atom. The van der Waals surface area contributed by atoms with Gasteiger partial charge in [-0.15, -0.1) is 0 Å². The SMILES string of the molecule is CCc1cn[nH]c1NC(=O)c1ccc(F)nc1. The number of carbonyl (C=O) groups excluding carboxylic acids is 1. The summed E-state index contributed by atoms with van der Waals surface area (Å²) in [5.41, 5.74) is 1.21. The number of amides is 1. The van der Waals surface area contributed by atoms with Crippen LogP contribution in [0.2, 0.25) is 0 Å². The molecule has 2 aromatic rings. The maximum atomic E-state index is 12.6. The molecule has 17 heavy (non-hydrogen) atoms. The lowest BCUT2D eigenvalue weighted by atomic mass is 10.2. The summed E-state index contributed by atoms with van der Waals surface area (Å²) in [6.07, 6.45) is 3.60. The number of halogens is 1. The Labute approximate surface area is 97.1 Å². The Balaban J connectivity index is 2.14. The largest absolute Gasteiger partial charge is 0.307 e. The van der Waals surface area contributed by atoms with Gasteiger partial charge in [-0.2, -0.15) is 9.49 Å². The van der Waals surface area contributed by atoms with E-state index in [9.17, 15) is 9.18 Å². The molecule has 0 saturated carbocycles. The van der Waals surface area contributed by atoms with Gasteiger partial charge in [-0.05, 0) is 18.6 Å². The third-order valence-corrected chi connectivity index (χ3v) is 2.33. The number of anilines is 1. The number of aromatic nitrogens is 3. The first kappa shape index (κ1) is 11.3. The van der Waals surface area contributed by atoms with Crippen molar-refractivity contribution in [2.75, 3.05) is 5.32 Å². The van der Waals surface area contributed by atoms with Crippen molar-refractivity contribution in [2.45, 2.75) is 13.3 Å². The van der Waals surface area contributed by atoms with Gasteiger partial charge in [0, 0.05) is 11.8 Å². The maximum absolute atomic E-state index is 12.6. The van der Waals surface area contributed by atoms with Crippen molar-refractivity contribution in [1.29, 1.82) is 0 Å². The number of carbonyl (C=O) groups is 1. The van der Waals surface area contributed by atoms with E-state index in [-0.39, 0.29) is 5.91 Å². The van der Waals surface area contributed by atoms with Gasteiger partial charge in [0.2, 0.25) is 5.95 Å². The number of rotatable bonds is 3. The van der Waals surface area contributed by atoms with E-state index in [1.807, 2.05) is 6.92 Å². The van der Waals surface area contributed by atoms with Crippen LogP contribution in [0, 0.1) is 5.95 Å². The van der Waals surface area contributed by atoms with Gasteiger partial charge < -0.3 is 5.32 Å². The predicted molar refractivity (Wildman–Crippen MR) is 60.1 cm³/mol. The highest BCUT2D eigenvalue weighted by molar-refractivity contribution is 6.03. The molecule has 0 aliphatic carbocycles. The molecule has 0 bridgehead atoms. The number of H-pyrrole nitrogens is 1. The summed E-state index contributed by atoms with van der Waals surface area (Å²) in [7, 11) is 0. The van der Waals surface area contributed by atoms with Gasteiger partial charge in [-0.3, -0.25) is 9.89 Å². The second-order valence-corrected chi connectivity index (χ2v) is 3.45. The van der Waals surface area contributed by atoms with Crippen LogP contribution in [0.25, 0.3) is 0 Å². The minimum Gasteiger partial charge on any atom is -0.307 e. The van der Waals surface area contributed by atoms with E-state index in [0.717, 1.165) is 18.1 Å². The topological polar surface area (TPSA) is 70.7 Å². The first-order valence-electron chi connectivity index (χ1n) is 5.16. The van der Waals surface area contributed by atoms with Crippen LogP contribution in [0.4, 0.5) is 10.2 Å². The fraction of sp³-hybridized carbons (Fsp3) is 0.182. The van der Waals surface area contributed by atoms with Crippen molar-refractivity contribution in [1.82, 2.24) is 15.2 Å². The third kappa shape index (κ3) is 2.47. The lowest BCUT2D eigenvalue weighted by Crippen LogP contribution is -2.13. The maximum Gasteiger partial charge on any atom is 0.258 e. The molecule has 6 heteroatoms. The molecule has 2 rings (SSSR count). The lowest BCUT2D eigenvalue weighted by Gasteiger charge is -2.04. The average Bonchev–Trinajstić information content (AvgIpc) is 2.77. The molecule has 88 valence electrons. The molecule has 1 amide bonds. The minimum atomic E-state index is -0.614. The molecule has 2 aromatic heterocycles. The van der Waals surface area contributed by atoms with E-state index < -0.39 is 5.95 Å². The number of hydrogen-bond donors (Lipinski definition) is 2. The fourth-order valence-electron chi connectivity index (χ4n) is 1.38. The van der Waals surface area contributed by atoms with Gasteiger partial charge in [0.1, 0.15) is 5.82 Å². The molecule has 0 atom stereocenters. The van der Waals surface area contributed by atoms with Crippen LogP contribution >= 0.6 is 0 Å². The highest BCUT2D eigenvalue weighted by atomic mass is 19.1. The summed E-state index contributed by atoms with van der Waals surface area (Å²) < 4.78 is 12.6. The molecule has 0 aliphatic heterocycles. The first-order valence-corrected chi connectivity index (χ1v) is 5.16. The number of nitrogens with zero attached hydrogens (tertiary/aromatic N) is 2. The molecule has 2 N–H and O–H groups in total. The van der Waals surface area contributed by atoms with Gasteiger partial charge in [-0.1, -0.05) is 6.92 Å². The molecular weight excluding hydrogens is 223 g/mol. The lowest BCUT2D eigenvalue weighted by molar-refractivity contribution is 0.102. The molecule has 0 aliphatic rings. The number of hydrogen-bond acceptors (Lipinski definition) is 3. The van der Waals surface area contributed by atoms with Crippen molar-refractivity contribution in [2.24, 2.45) is 0 Å². The van der Waals surface area contributed by atoms with Crippen LogP contribution < -0.4 is 5.32 Å². The van der Waals surface area contributed by atoms with Crippen LogP contribution in [-0.2, 0) is 6.42 Å². The van der Waals surface area contributed by atoms with Crippen molar-refractivity contribution in [3.8, 4) is 0 Å². The van der Waals surface area contributed by atoms with Crippen molar-refractivity contribution >= 4 is 11.7 Å². The van der Waals surface area contributed by atoms with Gasteiger partial charge >= 0.3 is 0 Å². The van der Waals surface area contributed by atoms with Gasteiger partial charge in [0.25, 0.3) is 5.91 Å². The molecule has 5 nitrogen and oxygen atoms in total. The molecule has 0 saturated heterocycles. The van der Waals surface area contributed by atoms with Crippen molar-refractivity contribution < 1.29 is 9.18 Å². The highest BCUT2D eigenvalue weighted by Gasteiger charge is 2.10. The summed E-state index contributed by atoms with van der Waals surface area (Å²) in [6, 6.07) is 2.52. The Morgan fingerprint density at radius 1 is 1.47 bits per heavy atom. The number of aryl methyl sites for hydroxylation is 1. The van der Waals surface area contributed by atoms with Crippen molar-refractivity contribution in [3.63, 3.8) is 0 Å². The Morgan fingerprint density at radius 3 is 2.94 bits per heavy atom. The smallest absolute Gasteiger partial charge is 0.258 e. The molecule has 0 radical (unpaired) electrons. The zero-order valence-corrected chi connectivity index (χ0v) is 9.20. The van der Waals surface area contributed by atoms with Gasteiger partial charge in [-0.25, -0.2) is 4.98 Å². The zero-order chi connectivity index (χ0) is 12.3.